The molecule has 1 aliphatic rings. The van der Waals surface area contributed by atoms with Crippen LogP contribution in [0.25, 0.3) is 5.76 Å². The summed E-state index contributed by atoms with van der Waals surface area (Å²) in [6.07, 6.45) is 3.62. The monoisotopic (exact) mass is 213 g/mol. The topological polar surface area (TPSA) is 41.1 Å². The Morgan fingerprint density at radius 2 is 2.06 bits per heavy atom. The molecule has 0 bridgehead atoms. The molecule has 3 rings (SSSR count). The summed E-state index contributed by atoms with van der Waals surface area (Å²) in [5.74, 6) is 2.46. The number of aromatic nitrogens is 2. The van der Waals surface area contributed by atoms with Crippen LogP contribution in [-0.2, 0) is 0 Å². The first-order valence-corrected chi connectivity index (χ1v) is 5.06. The first-order valence-electron chi connectivity index (χ1n) is 5.06. The maximum absolute atomic E-state index is 5.75. The Bertz CT molecular complexity index is 530. The number of fused-ring (bicyclic) bond motifs is 1. The van der Waals surface area contributed by atoms with Crippen LogP contribution in [0, 0.1) is 0 Å². The van der Waals surface area contributed by atoms with Gasteiger partial charge in [-0.05, 0) is 0 Å². The van der Waals surface area contributed by atoms with Crippen LogP contribution < -0.4 is 9.64 Å². The maximum atomic E-state index is 5.75. The van der Waals surface area contributed by atoms with E-state index in [4.69, 9.17) is 4.74 Å². The van der Waals surface area contributed by atoms with E-state index in [0.29, 0.717) is 0 Å². The van der Waals surface area contributed by atoms with Crippen LogP contribution in [0.3, 0.4) is 0 Å². The van der Waals surface area contributed by atoms with Crippen LogP contribution in [0.2, 0.25) is 0 Å². The second kappa shape index (κ2) is 3.41. The summed E-state index contributed by atoms with van der Waals surface area (Å²) in [5.41, 5.74) is 1.06. The number of hydrogen-bond donors (Lipinski definition) is 1. The molecule has 80 valence electrons. The average molecular weight is 213 g/mol. The van der Waals surface area contributed by atoms with Crippen molar-refractivity contribution in [3.8, 4) is 5.75 Å². The maximum Gasteiger partial charge on any atom is 0.189 e. The van der Waals surface area contributed by atoms with Gasteiger partial charge in [0.05, 0.1) is 6.20 Å². The average Bonchev–Trinajstić information content (AvgIpc) is 2.79. The molecule has 0 amide bonds. The van der Waals surface area contributed by atoms with Crippen molar-refractivity contribution >= 4 is 11.6 Å². The van der Waals surface area contributed by atoms with Crippen LogP contribution in [0.1, 0.15) is 5.56 Å². The highest BCUT2D eigenvalue weighted by molar-refractivity contribution is 5.71. The van der Waals surface area contributed by atoms with Gasteiger partial charge in [-0.25, -0.2) is 0 Å². The third-order valence-electron chi connectivity index (χ3n) is 2.53. The minimum absolute atomic E-state index is 0.754. The van der Waals surface area contributed by atoms with Gasteiger partial charge < -0.3 is 9.64 Å². The Labute approximate surface area is 93.2 Å². The molecule has 0 spiro atoms. The standard InChI is InChI=1S/C12H11N3O/c1-15-8-11(9-5-3-2-4-6-9)16-10-7-13-14-12(10)15/h2-8H,1H3,(H,13,14). The third kappa shape index (κ3) is 1.35. The Morgan fingerprint density at radius 1 is 1.25 bits per heavy atom. The van der Waals surface area contributed by atoms with E-state index in [1.807, 2.05) is 48.5 Å². The number of hydrogen-bond acceptors (Lipinski definition) is 3. The summed E-state index contributed by atoms with van der Waals surface area (Å²) in [6.45, 7) is 0. The van der Waals surface area contributed by atoms with E-state index in [-0.39, 0.29) is 0 Å². The fourth-order valence-electron chi connectivity index (χ4n) is 1.72. The molecule has 0 radical (unpaired) electrons. The predicted molar refractivity (Wildman–Crippen MR) is 62.0 cm³/mol. The van der Waals surface area contributed by atoms with Gasteiger partial charge in [-0.2, -0.15) is 5.10 Å². The first-order chi connectivity index (χ1) is 7.84. The number of benzene rings is 1. The van der Waals surface area contributed by atoms with E-state index >= 15 is 0 Å². The van der Waals surface area contributed by atoms with E-state index in [1.165, 1.54) is 0 Å². The second-order valence-corrected chi connectivity index (χ2v) is 3.66. The van der Waals surface area contributed by atoms with Gasteiger partial charge in [0.25, 0.3) is 0 Å². The van der Waals surface area contributed by atoms with Crippen molar-refractivity contribution in [3.63, 3.8) is 0 Å². The zero-order valence-electron chi connectivity index (χ0n) is 8.84. The minimum Gasteiger partial charge on any atom is -0.450 e. The van der Waals surface area contributed by atoms with Crippen LogP contribution in [-0.4, -0.2) is 17.2 Å². The zero-order chi connectivity index (χ0) is 11.0. The lowest BCUT2D eigenvalue weighted by molar-refractivity contribution is 0.506. The van der Waals surface area contributed by atoms with Gasteiger partial charge >= 0.3 is 0 Å². The third-order valence-corrected chi connectivity index (χ3v) is 2.53. The molecule has 1 aliphatic heterocycles. The lowest BCUT2D eigenvalue weighted by Gasteiger charge is -2.22. The van der Waals surface area contributed by atoms with Gasteiger partial charge in [0.1, 0.15) is 0 Å². The van der Waals surface area contributed by atoms with E-state index in [2.05, 4.69) is 10.2 Å². The molecular formula is C12H11N3O. The van der Waals surface area contributed by atoms with Crippen molar-refractivity contribution < 1.29 is 4.74 Å². The molecule has 0 atom stereocenters. The number of nitrogens with zero attached hydrogens (tertiary/aromatic N) is 2. The first kappa shape index (κ1) is 9.03. The van der Waals surface area contributed by atoms with Crippen LogP contribution in [0.5, 0.6) is 5.75 Å². The molecule has 4 nitrogen and oxygen atoms in total. The van der Waals surface area contributed by atoms with Crippen molar-refractivity contribution in [1.82, 2.24) is 10.2 Å². The van der Waals surface area contributed by atoms with Gasteiger partial charge in [0.15, 0.2) is 17.3 Å². The summed E-state index contributed by atoms with van der Waals surface area (Å²) in [4.78, 5) is 1.97. The van der Waals surface area contributed by atoms with Crippen LogP contribution in [0.4, 0.5) is 5.82 Å². The van der Waals surface area contributed by atoms with Gasteiger partial charge in [0.2, 0.25) is 0 Å². The number of rotatable bonds is 1. The normalized spacial score (nSPS) is 14.1. The smallest absolute Gasteiger partial charge is 0.189 e. The summed E-state index contributed by atoms with van der Waals surface area (Å²) in [6, 6.07) is 10.0. The van der Waals surface area contributed by atoms with Crippen molar-refractivity contribution in [3.05, 3.63) is 48.3 Å². The largest absolute Gasteiger partial charge is 0.450 e. The Hall–Kier alpha value is -2.23. The van der Waals surface area contributed by atoms with Gasteiger partial charge in [-0.15, -0.1) is 0 Å². The summed E-state index contributed by atoms with van der Waals surface area (Å²) < 4.78 is 5.75. The molecule has 2 aromatic rings. The summed E-state index contributed by atoms with van der Waals surface area (Å²) >= 11 is 0. The van der Waals surface area contributed by atoms with E-state index in [0.717, 1.165) is 22.9 Å². The summed E-state index contributed by atoms with van der Waals surface area (Å²) in [7, 11) is 1.96. The highest BCUT2D eigenvalue weighted by Gasteiger charge is 2.19. The highest BCUT2D eigenvalue weighted by Crippen LogP contribution is 2.33. The van der Waals surface area contributed by atoms with Crippen molar-refractivity contribution in [2.75, 3.05) is 11.9 Å². The van der Waals surface area contributed by atoms with Gasteiger partial charge in [-0.3, -0.25) is 5.10 Å². The number of aromatic amines is 1. The summed E-state index contributed by atoms with van der Waals surface area (Å²) in [5, 5.41) is 6.84. The van der Waals surface area contributed by atoms with Crippen LogP contribution >= 0.6 is 0 Å². The lowest BCUT2D eigenvalue weighted by Crippen LogP contribution is -2.16. The van der Waals surface area contributed by atoms with E-state index < -0.39 is 0 Å². The van der Waals surface area contributed by atoms with Crippen molar-refractivity contribution in [1.29, 1.82) is 0 Å². The van der Waals surface area contributed by atoms with Crippen molar-refractivity contribution in [2.45, 2.75) is 0 Å². The van der Waals surface area contributed by atoms with E-state index in [1.54, 1.807) is 6.20 Å². The fraction of sp³-hybridized carbons (Fsp3) is 0.0833. The molecule has 0 saturated carbocycles. The van der Waals surface area contributed by atoms with Crippen LogP contribution in [0.15, 0.2) is 42.7 Å². The number of anilines is 1. The minimum atomic E-state index is 0.754. The Morgan fingerprint density at radius 3 is 2.88 bits per heavy atom. The number of ether oxygens (including phenoxy) is 1. The highest BCUT2D eigenvalue weighted by atomic mass is 16.5. The molecule has 0 fully saturated rings. The molecule has 0 unspecified atom stereocenters. The zero-order valence-corrected chi connectivity index (χ0v) is 8.84. The Kier molecular flexibility index (Phi) is 1.93. The quantitative estimate of drug-likeness (QED) is 0.789. The molecule has 4 heteroatoms. The predicted octanol–water partition coefficient (Wildman–Crippen LogP) is 2.24. The Balaban J connectivity index is 2.01. The fourth-order valence-corrected chi connectivity index (χ4v) is 1.72. The molecular weight excluding hydrogens is 202 g/mol. The number of H-pyrrole nitrogens is 1. The van der Waals surface area contributed by atoms with Gasteiger partial charge in [0, 0.05) is 18.8 Å². The molecule has 2 heterocycles. The SMILES string of the molecule is CN1C=C(c2ccccc2)Oc2cn[nH]c21. The van der Waals surface area contributed by atoms with Gasteiger partial charge in [-0.1, -0.05) is 30.3 Å². The number of nitrogens with one attached hydrogen (secondary N) is 1. The molecule has 16 heavy (non-hydrogen) atoms. The van der Waals surface area contributed by atoms with Crippen molar-refractivity contribution in [2.24, 2.45) is 0 Å². The lowest BCUT2D eigenvalue weighted by atomic mass is 10.2. The molecule has 1 N–H and O–H groups in total. The van der Waals surface area contributed by atoms with E-state index in [9.17, 15) is 0 Å². The molecule has 1 aromatic carbocycles. The molecule has 0 aliphatic carbocycles. The molecule has 1 aromatic heterocycles. The molecule has 0 saturated heterocycles. The second-order valence-electron chi connectivity index (χ2n) is 3.66.